The van der Waals surface area contributed by atoms with Crippen LogP contribution in [0.3, 0.4) is 0 Å². The second-order valence-corrected chi connectivity index (χ2v) is 9.50. The Morgan fingerprint density at radius 1 is 1.50 bits per heavy atom. The molecule has 0 amide bonds. The summed E-state index contributed by atoms with van der Waals surface area (Å²) in [4.78, 5) is 0. The molecule has 0 aliphatic rings. The Labute approximate surface area is 85.5 Å². The van der Waals surface area contributed by atoms with Gasteiger partial charge in [-0.15, -0.1) is 0 Å². The number of rotatable bonds is 5. The summed E-state index contributed by atoms with van der Waals surface area (Å²) in [5, 5.41) is 0. The van der Waals surface area contributed by atoms with Gasteiger partial charge in [-0.1, -0.05) is 36.4 Å². The predicted molar refractivity (Wildman–Crippen MR) is 61.1 cm³/mol. The van der Waals surface area contributed by atoms with Gasteiger partial charge in [-0.2, -0.15) is 0 Å². The van der Waals surface area contributed by atoms with Crippen LogP contribution in [0.15, 0.2) is 11.1 Å². The fourth-order valence-corrected chi connectivity index (χ4v) is 4.29. The minimum absolute atomic E-state index is 0.659. The Morgan fingerprint density at radius 3 is 2.33 bits per heavy atom. The summed E-state index contributed by atoms with van der Waals surface area (Å²) in [5.41, 5.74) is 0. The zero-order valence-electron chi connectivity index (χ0n) is 8.48. The molecule has 0 saturated carbocycles. The highest BCUT2D eigenvalue weighted by atomic mass is 79.9. The Kier molecular flexibility index (Phi) is 5.37. The van der Waals surface area contributed by atoms with E-state index in [0.717, 1.165) is 10.4 Å². The first-order valence-electron chi connectivity index (χ1n) is 4.31. The lowest BCUT2D eigenvalue weighted by Crippen LogP contribution is -2.32. The van der Waals surface area contributed by atoms with Gasteiger partial charge in [-0.25, -0.2) is 0 Å². The molecule has 12 heavy (non-hydrogen) atoms. The first-order valence-corrected chi connectivity index (χ1v) is 8.21. The molecule has 0 spiro atoms. The van der Waals surface area contributed by atoms with Gasteiger partial charge >= 0.3 is 0 Å². The third kappa shape index (κ3) is 7.07. The molecule has 0 heterocycles. The fraction of sp³-hybridized carbons (Fsp3) is 0.778. The van der Waals surface area contributed by atoms with Crippen molar-refractivity contribution >= 4 is 24.2 Å². The number of hydrogen-bond donors (Lipinski definition) is 0. The van der Waals surface area contributed by atoms with Crippen molar-refractivity contribution in [3.63, 3.8) is 0 Å². The molecule has 0 saturated heterocycles. The lowest BCUT2D eigenvalue weighted by atomic mass is 10.3. The monoisotopic (exact) mass is 250 g/mol. The molecule has 0 aliphatic carbocycles. The lowest BCUT2D eigenvalue weighted by Gasteiger charge is -2.24. The van der Waals surface area contributed by atoms with Gasteiger partial charge < -0.3 is 4.43 Å². The van der Waals surface area contributed by atoms with Crippen LogP contribution < -0.4 is 0 Å². The second-order valence-electron chi connectivity index (χ2n) is 4.16. The van der Waals surface area contributed by atoms with E-state index in [1.165, 1.54) is 6.04 Å². The van der Waals surface area contributed by atoms with Gasteiger partial charge in [0.05, 0.1) is 6.61 Å². The third-order valence-corrected chi connectivity index (χ3v) is 4.47. The van der Waals surface area contributed by atoms with Crippen LogP contribution in [-0.4, -0.2) is 14.9 Å². The average Bonchev–Trinajstić information content (AvgIpc) is 1.81. The molecule has 1 nitrogen and oxygen atoms in total. The van der Waals surface area contributed by atoms with Crippen molar-refractivity contribution in [2.75, 3.05) is 6.61 Å². The first-order chi connectivity index (χ1) is 5.33. The van der Waals surface area contributed by atoms with Crippen molar-refractivity contribution in [2.24, 2.45) is 5.92 Å². The van der Waals surface area contributed by atoms with Crippen molar-refractivity contribution in [3.8, 4) is 0 Å². The molecule has 0 unspecified atom stereocenters. The molecule has 0 aromatic heterocycles. The van der Waals surface area contributed by atoms with Crippen molar-refractivity contribution < 1.29 is 4.43 Å². The molecule has 3 heteroatoms. The minimum atomic E-state index is -1.42. The fourth-order valence-electron chi connectivity index (χ4n) is 1.32. The predicted octanol–water partition coefficient (Wildman–Crippen LogP) is 3.77. The van der Waals surface area contributed by atoms with E-state index in [9.17, 15) is 0 Å². The normalized spacial score (nSPS) is 12.2. The van der Waals surface area contributed by atoms with Crippen LogP contribution in [0.5, 0.6) is 0 Å². The second kappa shape index (κ2) is 5.20. The maximum absolute atomic E-state index is 5.79. The van der Waals surface area contributed by atoms with E-state index >= 15 is 0 Å². The summed E-state index contributed by atoms with van der Waals surface area (Å²) in [7, 11) is -1.42. The highest BCUT2D eigenvalue weighted by Gasteiger charge is 2.23. The Hall–Kier alpha value is 0.397. The topological polar surface area (TPSA) is 9.23 Å². The van der Waals surface area contributed by atoms with E-state index in [0.29, 0.717) is 6.61 Å². The smallest absolute Gasteiger partial charge is 0.187 e. The van der Waals surface area contributed by atoms with Crippen LogP contribution in [0.2, 0.25) is 19.1 Å². The van der Waals surface area contributed by atoms with Gasteiger partial charge in [0.15, 0.2) is 8.32 Å². The zero-order chi connectivity index (χ0) is 9.78. The van der Waals surface area contributed by atoms with Crippen molar-refractivity contribution in [1.29, 1.82) is 0 Å². The van der Waals surface area contributed by atoms with Gasteiger partial charge in [0.1, 0.15) is 0 Å². The standard InChI is InChI=1S/C9H19BrOSi/c1-8(2)7-12(4,5)11-6-9(3)10/h8H,3,6-7H2,1-2,4-5H3. The minimum Gasteiger partial charge on any atom is -0.413 e. The number of hydrogen-bond acceptors (Lipinski definition) is 1. The van der Waals surface area contributed by atoms with Gasteiger partial charge in [-0.3, -0.25) is 0 Å². The van der Waals surface area contributed by atoms with E-state index in [-0.39, 0.29) is 0 Å². The van der Waals surface area contributed by atoms with Crippen LogP contribution in [-0.2, 0) is 4.43 Å². The van der Waals surface area contributed by atoms with Crippen molar-refractivity contribution in [1.82, 2.24) is 0 Å². The quantitative estimate of drug-likeness (QED) is 0.676. The molecule has 0 rings (SSSR count). The van der Waals surface area contributed by atoms with Gasteiger partial charge in [0, 0.05) is 4.48 Å². The zero-order valence-corrected chi connectivity index (χ0v) is 11.1. The summed E-state index contributed by atoms with van der Waals surface area (Å²) >= 11 is 3.30. The van der Waals surface area contributed by atoms with Crippen molar-refractivity contribution in [2.45, 2.75) is 33.0 Å². The maximum atomic E-state index is 5.79. The van der Waals surface area contributed by atoms with E-state index in [2.05, 4.69) is 49.5 Å². The highest BCUT2D eigenvalue weighted by Crippen LogP contribution is 2.18. The largest absolute Gasteiger partial charge is 0.413 e. The van der Waals surface area contributed by atoms with E-state index in [1.807, 2.05) is 0 Å². The van der Waals surface area contributed by atoms with Gasteiger partial charge in [0.2, 0.25) is 0 Å². The average molecular weight is 251 g/mol. The van der Waals surface area contributed by atoms with Gasteiger partial charge in [-0.05, 0) is 25.1 Å². The number of halogens is 1. The molecule has 0 bridgehead atoms. The third-order valence-electron chi connectivity index (χ3n) is 1.52. The molecule has 0 N–H and O–H groups in total. The lowest BCUT2D eigenvalue weighted by molar-refractivity contribution is 0.344. The van der Waals surface area contributed by atoms with Crippen LogP contribution in [0.25, 0.3) is 0 Å². The molecule has 0 fully saturated rings. The Balaban J connectivity index is 3.78. The summed E-state index contributed by atoms with van der Waals surface area (Å²) in [6.45, 7) is 13.4. The summed E-state index contributed by atoms with van der Waals surface area (Å²) in [5.74, 6) is 0.732. The molecule has 0 radical (unpaired) electrons. The van der Waals surface area contributed by atoms with Crippen LogP contribution in [0.4, 0.5) is 0 Å². The first kappa shape index (κ1) is 12.4. The van der Waals surface area contributed by atoms with E-state index in [1.54, 1.807) is 0 Å². The summed E-state index contributed by atoms with van der Waals surface area (Å²) in [6.07, 6.45) is 0. The van der Waals surface area contributed by atoms with Crippen molar-refractivity contribution in [3.05, 3.63) is 11.1 Å². The van der Waals surface area contributed by atoms with Gasteiger partial charge in [0.25, 0.3) is 0 Å². The molecule has 0 aromatic rings. The Bertz CT molecular complexity index is 155. The summed E-state index contributed by atoms with van der Waals surface area (Å²) in [6, 6.07) is 1.22. The molecule has 0 aromatic carbocycles. The molecule has 72 valence electrons. The molecule has 0 aliphatic heterocycles. The SMILES string of the molecule is C=C(Br)CO[Si](C)(C)CC(C)C. The highest BCUT2D eigenvalue weighted by molar-refractivity contribution is 9.11. The van der Waals surface area contributed by atoms with E-state index in [4.69, 9.17) is 4.43 Å². The van der Waals surface area contributed by atoms with Crippen LogP contribution >= 0.6 is 15.9 Å². The molecule has 0 atom stereocenters. The molecular formula is C9H19BrOSi. The van der Waals surface area contributed by atoms with Crippen LogP contribution in [0.1, 0.15) is 13.8 Å². The van der Waals surface area contributed by atoms with Crippen LogP contribution in [0, 0.1) is 5.92 Å². The van der Waals surface area contributed by atoms with E-state index < -0.39 is 8.32 Å². The summed E-state index contributed by atoms with van der Waals surface area (Å²) < 4.78 is 6.73. The maximum Gasteiger partial charge on any atom is 0.187 e. The Morgan fingerprint density at radius 2 is 2.00 bits per heavy atom. The molecular weight excluding hydrogens is 232 g/mol.